The summed E-state index contributed by atoms with van der Waals surface area (Å²) < 4.78 is 26.5. The highest BCUT2D eigenvalue weighted by atomic mass is 35.5. The van der Waals surface area contributed by atoms with Crippen molar-refractivity contribution in [3.63, 3.8) is 0 Å². The minimum Gasteiger partial charge on any atom is -0.266 e. The monoisotopic (exact) mass is 309 g/mol. The van der Waals surface area contributed by atoms with Crippen molar-refractivity contribution in [2.45, 2.75) is 29.5 Å². The molecule has 0 spiro atoms. The van der Waals surface area contributed by atoms with E-state index in [0.717, 1.165) is 12.2 Å². The van der Waals surface area contributed by atoms with Gasteiger partial charge in [-0.2, -0.15) is 21.2 Å². The van der Waals surface area contributed by atoms with E-state index in [9.17, 15) is 8.42 Å². The quantitative estimate of drug-likeness (QED) is 0.859. The Kier molecular flexibility index (Phi) is 4.58. The standard InChI is InChI=1S/C10H16ClN3O2S2/c1-2-9-7-14(3-4-17-9)18(15,16)10-8(5-11)6-12-13-10/h6,9H,2-5,7H2,1H3,(H,12,13). The summed E-state index contributed by atoms with van der Waals surface area (Å²) in [5.74, 6) is 0.979. The van der Waals surface area contributed by atoms with Crippen molar-refractivity contribution < 1.29 is 8.42 Å². The topological polar surface area (TPSA) is 66.1 Å². The largest absolute Gasteiger partial charge is 0.266 e. The van der Waals surface area contributed by atoms with Gasteiger partial charge in [-0.3, -0.25) is 5.10 Å². The summed E-state index contributed by atoms with van der Waals surface area (Å²) in [7, 11) is -3.49. The first-order valence-corrected chi connectivity index (χ1v) is 8.82. The zero-order valence-corrected chi connectivity index (χ0v) is 12.5. The second kappa shape index (κ2) is 5.81. The van der Waals surface area contributed by atoms with Crippen LogP contribution in [-0.2, 0) is 15.9 Å². The molecule has 1 atom stereocenters. The van der Waals surface area contributed by atoms with E-state index in [1.165, 1.54) is 10.5 Å². The summed E-state index contributed by atoms with van der Waals surface area (Å²) in [4.78, 5) is 0. The minimum absolute atomic E-state index is 0.138. The lowest BCUT2D eigenvalue weighted by Crippen LogP contribution is -2.42. The molecule has 0 saturated carbocycles. The summed E-state index contributed by atoms with van der Waals surface area (Å²) >= 11 is 7.56. The van der Waals surface area contributed by atoms with E-state index in [-0.39, 0.29) is 10.9 Å². The van der Waals surface area contributed by atoms with Crippen LogP contribution in [0, 0.1) is 0 Å². The lowest BCUT2D eigenvalue weighted by molar-refractivity contribution is 0.413. The first-order valence-electron chi connectivity index (χ1n) is 5.79. The zero-order chi connectivity index (χ0) is 13.2. The van der Waals surface area contributed by atoms with Crippen LogP contribution in [-0.4, -0.2) is 47.0 Å². The fourth-order valence-corrected chi connectivity index (χ4v) is 5.17. The van der Waals surface area contributed by atoms with Gasteiger partial charge >= 0.3 is 0 Å². The number of hydrogen-bond donors (Lipinski definition) is 1. The van der Waals surface area contributed by atoms with Crippen LogP contribution in [0.4, 0.5) is 0 Å². The van der Waals surface area contributed by atoms with Crippen LogP contribution in [0.5, 0.6) is 0 Å². The number of rotatable bonds is 4. The van der Waals surface area contributed by atoms with Crippen molar-refractivity contribution >= 4 is 33.4 Å². The number of aromatic amines is 1. The normalized spacial score (nSPS) is 22.2. The summed E-state index contributed by atoms with van der Waals surface area (Å²) in [5.41, 5.74) is 0.531. The maximum absolute atomic E-state index is 12.5. The van der Waals surface area contributed by atoms with E-state index in [1.54, 1.807) is 0 Å². The van der Waals surface area contributed by atoms with Gasteiger partial charge in [0.25, 0.3) is 10.0 Å². The van der Waals surface area contributed by atoms with E-state index < -0.39 is 10.0 Å². The minimum atomic E-state index is -3.49. The van der Waals surface area contributed by atoms with Gasteiger partial charge in [0, 0.05) is 29.7 Å². The SMILES string of the molecule is CCC1CN(S(=O)(=O)c2[nH]ncc2CCl)CCS1. The van der Waals surface area contributed by atoms with Crippen LogP contribution in [0.3, 0.4) is 0 Å². The molecule has 0 bridgehead atoms. The third-order valence-electron chi connectivity index (χ3n) is 2.98. The molecule has 0 amide bonds. The average molecular weight is 310 g/mol. The lowest BCUT2D eigenvalue weighted by atomic mass is 10.3. The zero-order valence-electron chi connectivity index (χ0n) is 10.1. The summed E-state index contributed by atoms with van der Waals surface area (Å²) in [6.45, 7) is 3.18. The molecule has 2 rings (SSSR count). The second-order valence-electron chi connectivity index (χ2n) is 4.12. The van der Waals surface area contributed by atoms with Gasteiger partial charge in [-0.15, -0.1) is 11.6 Å². The van der Waals surface area contributed by atoms with Gasteiger partial charge in [0.15, 0.2) is 5.03 Å². The Labute approximate surface area is 116 Å². The molecule has 1 aliphatic rings. The number of nitrogens with zero attached hydrogens (tertiary/aromatic N) is 2. The highest BCUT2D eigenvalue weighted by molar-refractivity contribution is 8.00. The van der Waals surface area contributed by atoms with Crippen LogP contribution in [0.2, 0.25) is 0 Å². The lowest BCUT2D eigenvalue weighted by Gasteiger charge is -2.30. The average Bonchev–Trinajstić information content (AvgIpc) is 2.88. The Bertz CT molecular complexity index is 503. The number of hydrogen-bond acceptors (Lipinski definition) is 4. The number of halogens is 1. The van der Waals surface area contributed by atoms with Gasteiger partial charge in [-0.1, -0.05) is 6.92 Å². The molecular formula is C10H16ClN3O2S2. The molecule has 1 aliphatic heterocycles. The molecule has 0 radical (unpaired) electrons. The van der Waals surface area contributed by atoms with Gasteiger partial charge in [-0.25, -0.2) is 8.42 Å². The molecular weight excluding hydrogens is 294 g/mol. The maximum Gasteiger partial charge on any atom is 0.260 e. The number of alkyl halides is 1. The van der Waals surface area contributed by atoms with Crippen LogP contribution in [0.15, 0.2) is 11.2 Å². The Morgan fingerprint density at radius 1 is 1.67 bits per heavy atom. The van der Waals surface area contributed by atoms with Crippen LogP contribution < -0.4 is 0 Å². The van der Waals surface area contributed by atoms with Gasteiger partial charge in [0.05, 0.1) is 12.1 Å². The second-order valence-corrected chi connectivity index (χ2v) is 7.67. The van der Waals surface area contributed by atoms with E-state index >= 15 is 0 Å². The molecule has 102 valence electrons. The molecule has 5 nitrogen and oxygen atoms in total. The highest BCUT2D eigenvalue weighted by Crippen LogP contribution is 2.26. The number of aromatic nitrogens is 2. The third kappa shape index (κ3) is 2.68. The van der Waals surface area contributed by atoms with Crippen molar-refractivity contribution in [1.82, 2.24) is 14.5 Å². The summed E-state index contributed by atoms with van der Waals surface area (Å²) in [6.07, 6.45) is 2.44. The van der Waals surface area contributed by atoms with Gasteiger partial charge in [-0.05, 0) is 6.42 Å². The van der Waals surface area contributed by atoms with Crippen LogP contribution in [0.1, 0.15) is 18.9 Å². The van der Waals surface area contributed by atoms with Gasteiger partial charge < -0.3 is 0 Å². The van der Waals surface area contributed by atoms with Crippen molar-refractivity contribution in [3.05, 3.63) is 11.8 Å². The molecule has 1 fully saturated rings. The molecule has 0 aromatic carbocycles. The number of H-pyrrole nitrogens is 1. The van der Waals surface area contributed by atoms with Crippen LogP contribution in [0.25, 0.3) is 0 Å². The highest BCUT2D eigenvalue weighted by Gasteiger charge is 2.32. The van der Waals surface area contributed by atoms with E-state index in [4.69, 9.17) is 11.6 Å². The third-order valence-corrected chi connectivity index (χ3v) is 6.52. The Morgan fingerprint density at radius 3 is 3.11 bits per heavy atom. The number of sulfonamides is 1. The summed E-state index contributed by atoms with van der Waals surface area (Å²) in [6, 6.07) is 0. The predicted molar refractivity (Wildman–Crippen MR) is 73.4 cm³/mol. The predicted octanol–water partition coefficient (Wildman–Crippen LogP) is 1.66. The molecule has 2 heterocycles. The van der Waals surface area contributed by atoms with E-state index in [1.807, 2.05) is 11.8 Å². The fraction of sp³-hybridized carbons (Fsp3) is 0.700. The number of nitrogens with one attached hydrogen (secondary N) is 1. The maximum atomic E-state index is 12.5. The van der Waals surface area contributed by atoms with Crippen molar-refractivity contribution in [2.75, 3.05) is 18.8 Å². The molecule has 8 heteroatoms. The first kappa shape index (κ1) is 14.2. The van der Waals surface area contributed by atoms with Gasteiger partial charge in [0.2, 0.25) is 0 Å². The number of thioether (sulfide) groups is 1. The molecule has 1 aromatic heterocycles. The molecule has 1 aromatic rings. The Morgan fingerprint density at radius 2 is 2.44 bits per heavy atom. The van der Waals surface area contributed by atoms with Crippen molar-refractivity contribution in [1.29, 1.82) is 0 Å². The molecule has 1 saturated heterocycles. The van der Waals surface area contributed by atoms with E-state index in [0.29, 0.717) is 23.9 Å². The first-order chi connectivity index (χ1) is 8.59. The summed E-state index contributed by atoms with van der Waals surface area (Å²) in [5, 5.41) is 6.84. The van der Waals surface area contributed by atoms with Crippen molar-refractivity contribution in [3.8, 4) is 0 Å². The molecule has 18 heavy (non-hydrogen) atoms. The molecule has 1 N–H and O–H groups in total. The molecule has 0 aliphatic carbocycles. The smallest absolute Gasteiger partial charge is 0.260 e. The molecule has 1 unspecified atom stereocenters. The Balaban J connectivity index is 2.25. The Hall–Kier alpha value is -0.240. The van der Waals surface area contributed by atoms with Gasteiger partial charge in [0.1, 0.15) is 0 Å². The van der Waals surface area contributed by atoms with Crippen LogP contribution >= 0.6 is 23.4 Å². The van der Waals surface area contributed by atoms with Crippen molar-refractivity contribution in [2.24, 2.45) is 0 Å². The fourth-order valence-electron chi connectivity index (χ4n) is 1.90. The van der Waals surface area contributed by atoms with E-state index in [2.05, 4.69) is 17.1 Å².